The van der Waals surface area contributed by atoms with E-state index in [1.54, 1.807) is 24.4 Å². The molecule has 2 atom stereocenters. The Hall–Kier alpha value is -2.95. The molecule has 0 spiro atoms. The van der Waals surface area contributed by atoms with Gasteiger partial charge in [-0.05, 0) is 49.6 Å². The van der Waals surface area contributed by atoms with Gasteiger partial charge in [-0.3, -0.25) is 9.59 Å². The summed E-state index contributed by atoms with van der Waals surface area (Å²) < 4.78 is 15.1. The molecule has 0 radical (unpaired) electrons. The molecule has 0 aliphatic carbocycles. The third-order valence-corrected chi connectivity index (χ3v) is 5.09. The minimum atomic E-state index is -0.415. The minimum absolute atomic E-state index is 0.136. The Morgan fingerprint density at radius 3 is 2.69 bits per heavy atom. The van der Waals surface area contributed by atoms with E-state index in [0.29, 0.717) is 5.39 Å². The summed E-state index contributed by atoms with van der Waals surface area (Å²) in [6, 6.07) is 11.5. The summed E-state index contributed by atoms with van der Waals surface area (Å²) in [5.74, 6) is -0.741. The lowest BCUT2D eigenvalue weighted by Gasteiger charge is -2.16. The number of rotatable bonds is 3. The van der Waals surface area contributed by atoms with Crippen molar-refractivity contribution in [3.05, 3.63) is 81.4 Å². The van der Waals surface area contributed by atoms with Gasteiger partial charge in [0.25, 0.3) is 5.91 Å². The number of halogens is 1. The molecule has 26 heavy (non-hydrogen) atoms. The molecule has 2 heterocycles. The van der Waals surface area contributed by atoms with Gasteiger partial charge >= 0.3 is 0 Å². The number of hydrogen-bond acceptors (Lipinski definition) is 2. The molecular weight excluding hydrogens is 331 g/mol. The second-order valence-corrected chi connectivity index (χ2v) is 6.89. The van der Waals surface area contributed by atoms with Gasteiger partial charge in [0.15, 0.2) is 0 Å². The fourth-order valence-corrected chi connectivity index (χ4v) is 3.69. The highest BCUT2D eigenvalue weighted by molar-refractivity contribution is 5.98. The van der Waals surface area contributed by atoms with E-state index in [9.17, 15) is 14.0 Å². The normalized spacial score (nSPS) is 16.7. The third kappa shape index (κ3) is 2.60. The number of nitrogens with one attached hydrogen (secondary N) is 1. The second kappa shape index (κ2) is 6.09. The summed E-state index contributed by atoms with van der Waals surface area (Å²) in [6.45, 7) is 3.89. The molecule has 1 N–H and O–H groups in total. The second-order valence-electron chi connectivity index (χ2n) is 6.89. The van der Waals surface area contributed by atoms with Crippen molar-refractivity contribution in [2.24, 2.45) is 0 Å². The van der Waals surface area contributed by atoms with E-state index in [-0.39, 0.29) is 28.9 Å². The van der Waals surface area contributed by atoms with Gasteiger partial charge < -0.3 is 9.88 Å². The van der Waals surface area contributed by atoms with Gasteiger partial charge in [0.05, 0.1) is 11.6 Å². The molecule has 1 aliphatic heterocycles. The van der Waals surface area contributed by atoms with E-state index in [0.717, 1.165) is 23.1 Å². The molecular formula is C21H19FN2O2. The molecule has 0 fully saturated rings. The summed E-state index contributed by atoms with van der Waals surface area (Å²) >= 11 is 0. The van der Waals surface area contributed by atoms with E-state index in [2.05, 4.69) is 12.2 Å². The summed E-state index contributed by atoms with van der Waals surface area (Å²) in [5, 5.41) is 3.42. The number of hydrogen-bond donors (Lipinski definition) is 1. The lowest BCUT2D eigenvalue weighted by atomic mass is 10.1. The van der Waals surface area contributed by atoms with Crippen LogP contribution in [0.25, 0.3) is 10.9 Å². The van der Waals surface area contributed by atoms with Crippen LogP contribution in [0.3, 0.4) is 0 Å². The average Bonchev–Trinajstić information content (AvgIpc) is 2.94. The predicted molar refractivity (Wildman–Crippen MR) is 98.9 cm³/mol. The molecule has 1 amide bonds. The quantitative estimate of drug-likeness (QED) is 0.782. The minimum Gasteiger partial charge on any atom is -0.345 e. The monoisotopic (exact) mass is 350 g/mol. The summed E-state index contributed by atoms with van der Waals surface area (Å²) in [6.07, 6.45) is 2.52. The number of carbonyl (C=O) groups is 1. The molecule has 132 valence electrons. The summed E-state index contributed by atoms with van der Waals surface area (Å²) in [7, 11) is 0. The maximum atomic E-state index is 13.1. The molecule has 0 saturated heterocycles. The number of nitrogens with zero attached hydrogens (tertiary/aromatic N) is 1. The highest BCUT2D eigenvalue weighted by atomic mass is 19.1. The first kappa shape index (κ1) is 16.5. The van der Waals surface area contributed by atoms with E-state index in [1.807, 2.05) is 23.6 Å². The molecule has 2 aromatic carbocycles. The molecule has 3 aromatic rings. The lowest BCUT2D eigenvalue weighted by Crippen LogP contribution is -2.31. The Kier molecular flexibility index (Phi) is 3.87. The van der Waals surface area contributed by atoms with Gasteiger partial charge in [-0.25, -0.2) is 4.39 Å². The summed E-state index contributed by atoms with van der Waals surface area (Å²) in [5.41, 5.74) is 2.72. The Morgan fingerprint density at radius 1 is 1.23 bits per heavy atom. The van der Waals surface area contributed by atoms with Crippen LogP contribution in [-0.2, 0) is 6.42 Å². The first-order valence-electron chi connectivity index (χ1n) is 8.69. The van der Waals surface area contributed by atoms with Crippen LogP contribution in [-0.4, -0.2) is 10.5 Å². The van der Waals surface area contributed by atoms with Crippen LogP contribution in [0.15, 0.2) is 53.5 Å². The first-order chi connectivity index (χ1) is 12.5. The van der Waals surface area contributed by atoms with Crippen molar-refractivity contribution in [3.8, 4) is 0 Å². The van der Waals surface area contributed by atoms with Gasteiger partial charge in [-0.2, -0.15) is 0 Å². The SMILES string of the molecule is C[C@@H]1Cc2cccc3c(=O)c(C(=O)N[C@H](C)c4ccc(F)cc4)cn1c23. The van der Waals surface area contributed by atoms with E-state index < -0.39 is 5.91 Å². The third-order valence-electron chi connectivity index (χ3n) is 5.09. The standard InChI is InChI=1S/C21H19FN2O2/c1-12-10-15-4-3-5-17-19(15)24(12)11-18(20(17)25)21(26)23-13(2)14-6-8-16(22)9-7-14/h3-9,11-13H,10H2,1-2H3,(H,23,26)/t12-,13-/m1/s1. The van der Waals surface area contributed by atoms with Crippen molar-refractivity contribution in [1.29, 1.82) is 0 Å². The fourth-order valence-electron chi connectivity index (χ4n) is 3.69. The lowest BCUT2D eigenvalue weighted by molar-refractivity contribution is 0.0938. The fraction of sp³-hybridized carbons (Fsp3) is 0.238. The molecule has 5 heteroatoms. The zero-order chi connectivity index (χ0) is 18.4. The highest BCUT2D eigenvalue weighted by Gasteiger charge is 2.24. The highest BCUT2D eigenvalue weighted by Crippen LogP contribution is 2.30. The Labute approximate surface area is 150 Å². The van der Waals surface area contributed by atoms with E-state index >= 15 is 0 Å². The molecule has 1 aliphatic rings. The first-order valence-corrected chi connectivity index (χ1v) is 8.69. The number of para-hydroxylation sites is 1. The van der Waals surface area contributed by atoms with E-state index in [1.165, 1.54) is 12.1 Å². The maximum absolute atomic E-state index is 13.1. The number of benzene rings is 2. The van der Waals surface area contributed by atoms with Crippen molar-refractivity contribution in [2.75, 3.05) is 0 Å². The van der Waals surface area contributed by atoms with Crippen molar-refractivity contribution < 1.29 is 9.18 Å². The topological polar surface area (TPSA) is 51.1 Å². The van der Waals surface area contributed by atoms with Crippen LogP contribution >= 0.6 is 0 Å². The van der Waals surface area contributed by atoms with Crippen molar-refractivity contribution in [3.63, 3.8) is 0 Å². The van der Waals surface area contributed by atoms with Crippen LogP contribution in [0.1, 0.15) is 47.4 Å². The van der Waals surface area contributed by atoms with E-state index in [4.69, 9.17) is 0 Å². The molecule has 4 rings (SSSR count). The van der Waals surface area contributed by atoms with Gasteiger partial charge in [-0.1, -0.05) is 24.3 Å². The number of aromatic nitrogens is 1. The van der Waals surface area contributed by atoms with Crippen LogP contribution in [0.4, 0.5) is 4.39 Å². The largest absolute Gasteiger partial charge is 0.345 e. The Morgan fingerprint density at radius 2 is 1.96 bits per heavy atom. The van der Waals surface area contributed by atoms with Crippen LogP contribution in [0.5, 0.6) is 0 Å². The van der Waals surface area contributed by atoms with Crippen molar-refractivity contribution in [1.82, 2.24) is 9.88 Å². The smallest absolute Gasteiger partial charge is 0.257 e. The number of pyridine rings is 1. The van der Waals surface area contributed by atoms with Gasteiger partial charge in [0.1, 0.15) is 11.4 Å². The predicted octanol–water partition coefficient (Wildman–Crippen LogP) is 3.75. The Bertz CT molecular complexity index is 1070. The van der Waals surface area contributed by atoms with Crippen LogP contribution < -0.4 is 10.7 Å². The summed E-state index contributed by atoms with van der Waals surface area (Å²) in [4.78, 5) is 25.6. The van der Waals surface area contributed by atoms with Gasteiger partial charge in [-0.15, -0.1) is 0 Å². The molecule has 1 aromatic heterocycles. The van der Waals surface area contributed by atoms with Crippen molar-refractivity contribution in [2.45, 2.75) is 32.4 Å². The maximum Gasteiger partial charge on any atom is 0.257 e. The zero-order valence-electron chi connectivity index (χ0n) is 14.6. The molecule has 0 bridgehead atoms. The number of carbonyl (C=O) groups excluding carboxylic acids is 1. The van der Waals surface area contributed by atoms with Crippen molar-refractivity contribution >= 4 is 16.8 Å². The Balaban J connectivity index is 1.71. The van der Waals surface area contributed by atoms with Gasteiger partial charge in [0.2, 0.25) is 5.43 Å². The molecule has 0 saturated carbocycles. The van der Waals surface area contributed by atoms with Crippen LogP contribution in [0, 0.1) is 5.82 Å². The average molecular weight is 350 g/mol. The van der Waals surface area contributed by atoms with Crippen LogP contribution in [0.2, 0.25) is 0 Å². The molecule has 0 unspecified atom stereocenters. The molecule has 4 nitrogen and oxygen atoms in total. The van der Waals surface area contributed by atoms with Gasteiger partial charge in [0, 0.05) is 17.6 Å². The number of amides is 1. The zero-order valence-corrected chi connectivity index (χ0v) is 14.6.